The zero-order chi connectivity index (χ0) is 15.3. The summed E-state index contributed by atoms with van der Waals surface area (Å²) in [5.41, 5.74) is 0.226. The van der Waals surface area contributed by atoms with Gasteiger partial charge in [0.15, 0.2) is 0 Å². The molecule has 2 N–H and O–H groups in total. The second kappa shape index (κ2) is 7.25. The third-order valence-corrected chi connectivity index (χ3v) is 4.44. The summed E-state index contributed by atoms with van der Waals surface area (Å²) < 4.78 is 5.43. The van der Waals surface area contributed by atoms with E-state index in [1.807, 2.05) is 31.2 Å². The number of nitrogens with one attached hydrogen (secondary N) is 1. The zero-order valence-electron chi connectivity index (χ0n) is 12.3. The number of halogens is 1. The topological polar surface area (TPSA) is 58.6 Å². The first-order valence-electron chi connectivity index (χ1n) is 7.35. The summed E-state index contributed by atoms with van der Waals surface area (Å²) in [5, 5.41) is 12.6. The lowest BCUT2D eigenvalue weighted by atomic mass is 9.73. The molecule has 1 fully saturated rings. The molecule has 1 unspecified atom stereocenters. The second-order valence-electron chi connectivity index (χ2n) is 5.56. The second-order valence-corrected chi connectivity index (χ2v) is 5.97. The number of ether oxygens (including phenoxy) is 1. The van der Waals surface area contributed by atoms with Gasteiger partial charge in [-0.1, -0.05) is 29.8 Å². The van der Waals surface area contributed by atoms with E-state index >= 15 is 0 Å². The van der Waals surface area contributed by atoms with Crippen molar-refractivity contribution < 1.29 is 14.6 Å². The predicted octanol–water partition coefficient (Wildman–Crippen LogP) is 2.28. The van der Waals surface area contributed by atoms with Gasteiger partial charge in [0.1, 0.15) is 0 Å². The maximum Gasteiger partial charge on any atom is 0.231 e. The summed E-state index contributed by atoms with van der Waals surface area (Å²) in [7, 11) is 0. The molecule has 1 saturated heterocycles. The number of amides is 1. The van der Waals surface area contributed by atoms with E-state index in [1.54, 1.807) is 0 Å². The lowest BCUT2D eigenvalue weighted by molar-refractivity contribution is -0.131. The summed E-state index contributed by atoms with van der Waals surface area (Å²) in [6, 6.07) is 7.45. The van der Waals surface area contributed by atoms with Crippen molar-refractivity contribution in [2.45, 2.75) is 37.6 Å². The van der Waals surface area contributed by atoms with Gasteiger partial charge in [-0.3, -0.25) is 4.79 Å². The number of benzene rings is 1. The van der Waals surface area contributed by atoms with Gasteiger partial charge in [-0.05, 0) is 37.8 Å². The van der Waals surface area contributed by atoms with Crippen LogP contribution in [0.3, 0.4) is 0 Å². The average Bonchev–Trinajstić information content (AvgIpc) is 2.48. The van der Waals surface area contributed by atoms with Gasteiger partial charge in [-0.15, -0.1) is 0 Å². The Bertz CT molecular complexity index is 486. The molecule has 0 aliphatic carbocycles. The van der Waals surface area contributed by atoms with Crippen LogP contribution in [0, 0.1) is 0 Å². The normalized spacial score (nSPS) is 19.0. The Morgan fingerprint density at radius 1 is 1.43 bits per heavy atom. The molecule has 0 bridgehead atoms. The molecule has 1 atom stereocenters. The fourth-order valence-electron chi connectivity index (χ4n) is 2.82. The van der Waals surface area contributed by atoms with E-state index in [1.165, 1.54) is 0 Å². The Morgan fingerprint density at radius 2 is 2.10 bits per heavy atom. The summed E-state index contributed by atoms with van der Waals surface area (Å²) >= 11 is 6.33. The van der Waals surface area contributed by atoms with Crippen molar-refractivity contribution in [1.29, 1.82) is 0 Å². The van der Waals surface area contributed by atoms with Gasteiger partial charge >= 0.3 is 0 Å². The first-order valence-corrected chi connectivity index (χ1v) is 7.72. The molecule has 1 aliphatic heterocycles. The summed E-state index contributed by atoms with van der Waals surface area (Å²) in [4.78, 5) is 12.9. The Balaban J connectivity index is 2.29. The van der Waals surface area contributed by atoms with E-state index in [4.69, 9.17) is 21.4 Å². The van der Waals surface area contributed by atoms with Crippen LogP contribution in [0.25, 0.3) is 0 Å². The smallest absolute Gasteiger partial charge is 0.231 e. The molecule has 0 saturated carbocycles. The minimum absolute atomic E-state index is 0.0279. The number of carbonyl (C=O) groups excluding carboxylic acids is 1. The maximum absolute atomic E-state index is 12.9. The van der Waals surface area contributed by atoms with Gasteiger partial charge in [0.25, 0.3) is 0 Å². The van der Waals surface area contributed by atoms with Gasteiger partial charge in [0, 0.05) is 30.9 Å². The van der Waals surface area contributed by atoms with Gasteiger partial charge in [-0.25, -0.2) is 0 Å². The average molecular weight is 312 g/mol. The van der Waals surface area contributed by atoms with Crippen LogP contribution in [0.2, 0.25) is 5.02 Å². The summed E-state index contributed by atoms with van der Waals surface area (Å²) in [5.74, 6) is -0.0279. The highest BCUT2D eigenvalue weighted by atomic mass is 35.5. The molecule has 1 aromatic carbocycles. The van der Waals surface area contributed by atoms with E-state index in [9.17, 15) is 4.79 Å². The molecule has 1 aliphatic rings. The number of aliphatic hydroxyl groups is 1. The Morgan fingerprint density at radius 3 is 2.71 bits per heavy atom. The molecule has 0 spiro atoms. The Hall–Kier alpha value is -1.10. The number of hydrogen-bond donors (Lipinski definition) is 2. The minimum atomic E-state index is -0.639. The van der Waals surface area contributed by atoms with Crippen molar-refractivity contribution >= 4 is 17.5 Å². The van der Waals surface area contributed by atoms with Crippen LogP contribution in [0.15, 0.2) is 24.3 Å². The number of aliphatic hydroxyl groups excluding tert-OH is 1. The van der Waals surface area contributed by atoms with E-state index in [0.717, 1.165) is 5.56 Å². The zero-order valence-corrected chi connectivity index (χ0v) is 13.0. The predicted molar refractivity (Wildman–Crippen MR) is 82.5 cm³/mol. The monoisotopic (exact) mass is 311 g/mol. The molecule has 21 heavy (non-hydrogen) atoms. The highest BCUT2D eigenvalue weighted by Gasteiger charge is 2.43. The fourth-order valence-corrected chi connectivity index (χ4v) is 3.13. The van der Waals surface area contributed by atoms with E-state index in [0.29, 0.717) is 37.5 Å². The number of rotatable bonds is 5. The first kappa shape index (κ1) is 16.3. The fraction of sp³-hybridized carbons (Fsp3) is 0.562. The minimum Gasteiger partial charge on any atom is -0.396 e. The Kier molecular flexibility index (Phi) is 5.62. The highest BCUT2D eigenvalue weighted by molar-refractivity contribution is 6.31. The molecule has 116 valence electrons. The molecule has 0 aromatic heterocycles. The van der Waals surface area contributed by atoms with Gasteiger partial charge < -0.3 is 15.2 Å². The first-order chi connectivity index (χ1) is 10.1. The van der Waals surface area contributed by atoms with Crippen molar-refractivity contribution in [3.8, 4) is 0 Å². The van der Waals surface area contributed by atoms with Crippen LogP contribution in [0.5, 0.6) is 0 Å². The summed E-state index contributed by atoms with van der Waals surface area (Å²) in [6.07, 6.45) is 1.78. The van der Waals surface area contributed by atoms with Crippen LogP contribution < -0.4 is 5.32 Å². The molecule has 0 radical (unpaired) electrons. The van der Waals surface area contributed by atoms with Crippen LogP contribution in [-0.2, 0) is 14.9 Å². The molecular formula is C16H22ClNO3. The molecule has 2 rings (SSSR count). The number of carbonyl (C=O) groups is 1. The summed E-state index contributed by atoms with van der Waals surface area (Å²) in [6.45, 7) is 3.05. The third-order valence-electron chi connectivity index (χ3n) is 4.11. The lowest BCUT2D eigenvalue weighted by Crippen LogP contribution is -2.50. The molecule has 5 heteroatoms. The molecule has 1 heterocycles. The molecule has 1 aromatic rings. The van der Waals surface area contributed by atoms with E-state index in [-0.39, 0.29) is 18.6 Å². The van der Waals surface area contributed by atoms with Crippen molar-refractivity contribution in [3.05, 3.63) is 34.9 Å². The molecule has 4 nitrogen and oxygen atoms in total. The van der Waals surface area contributed by atoms with Gasteiger partial charge in [-0.2, -0.15) is 0 Å². The van der Waals surface area contributed by atoms with Crippen LogP contribution in [-0.4, -0.2) is 36.9 Å². The SMILES string of the molecule is CC(CCO)NC(=O)C1(c2ccccc2Cl)CCOCC1. The van der Waals surface area contributed by atoms with Crippen molar-refractivity contribution in [1.82, 2.24) is 5.32 Å². The lowest BCUT2D eigenvalue weighted by Gasteiger charge is -2.37. The van der Waals surface area contributed by atoms with E-state index in [2.05, 4.69) is 5.32 Å². The number of hydrogen-bond acceptors (Lipinski definition) is 3. The van der Waals surface area contributed by atoms with Crippen LogP contribution in [0.1, 0.15) is 31.7 Å². The van der Waals surface area contributed by atoms with Crippen LogP contribution >= 0.6 is 11.6 Å². The molecule has 1 amide bonds. The van der Waals surface area contributed by atoms with Crippen molar-refractivity contribution in [2.24, 2.45) is 0 Å². The highest BCUT2D eigenvalue weighted by Crippen LogP contribution is 2.39. The largest absolute Gasteiger partial charge is 0.396 e. The van der Waals surface area contributed by atoms with E-state index < -0.39 is 5.41 Å². The Labute approximate surface area is 130 Å². The van der Waals surface area contributed by atoms with Gasteiger partial charge in [0.05, 0.1) is 5.41 Å². The van der Waals surface area contributed by atoms with Crippen molar-refractivity contribution in [3.63, 3.8) is 0 Å². The molecular weight excluding hydrogens is 290 g/mol. The van der Waals surface area contributed by atoms with Gasteiger partial charge in [0.2, 0.25) is 5.91 Å². The maximum atomic E-state index is 12.9. The third kappa shape index (κ3) is 3.57. The quantitative estimate of drug-likeness (QED) is 0.877. The van der Waals surface area contributed by atoms with Crippen molar-refractivity contribution in [2.75, 3.05) is 19.8 Å². The standard InChI is InChI=1S/C16H22ClNO3/c1-12(6-9-19)18-15(20)16(7-10-21-11-8-16)13-4-2-3-5-14(13)17/h2-5,12,19H,6-11H2,1H3,(H,18,20). The van der Waals surface area contributed by atoms with Crippen LogP contribution in [0.4, 0.5) is 0 Å².